The summed E-state index contributed by atoms with van der Waals surface area (Å²) in [7, 11) is 1.59. The molecule has 0 saturated heterocycles. The van der Waals surface area contributed by atoms with Crippen molar-refractivity contribution in [3.8, 4) is 17.0 Å². The fraction of sp³-hybridized carbons (Fsp3) is 0.286. The van der Waals surface area contributed by atoms with Gasteiger partial charge >= 0.3 is 5.97 Å². The predicted octanol–water partition coefficient (Wildman–Crippen LogP) is 2.68. The number of aliphatic carboxylic acids is 1. The summed E-state index contributed by atoms with van der Waals surface area (Å²) in [5, 5.41) is 8.76. The molecule has 0 amide bonds. The number of para-hydroxylation sites is 1. The Balaban J connectivity index is 2.41. The van der Waals surface area contributed by atoms with Gasteiger partial charge in [0.1, 0.15) is 17.2 Å². The van der Waals surface area contributed by atoms with Crippen LogP contribution in [0, 0.1) is 6.92 Å². The largest absolute Gasteiger partial charge is 0.496 e. The van der Waals surface area contributed by atoms with Gasteiger partial charge in [0.05, 0.1) is 13.5 Å². The average Bonchev–Trinajstić information content (AvgIpc) is 2.77. The number of aromatic nitrogens is 1. The molecule has 5 nitrogen and oxygen atoms in total. The first-order chi connectivity index (χ1) is 9.11. The molecular formula is C14H15NO4. The molecule has 19 heavy (non-hydrogen) atoms. The Bertz CT molecular complexity index is 589. The standard InChI is InChI=1S/C14H15NO4/c1-9-15-14(12(19-9)7-8-13(16)17)10-5-3-4-6-11(10)18-2/h3-6H,7-8H2,1-2H3,(H,16,17). The molecule has 2 aromatic rings. The molecule has 1 aromatic heterocycles. The van der Waals surface area contributed by atoms with Gasteiger partial charge in [-0.1, -0.05) is 12.1 Å². The highest BCUT2D eigenvalue weighted by Gasteiger charge is 2.17. The van der Waals surface area contributed by atoms with E-state index in [-0.39, 0.29) is 6.42 Å². The van der Waals surface area contributed by atoms with Crippen LogP contribution in [0.1, 0.15) is 18.1 Å². The fourth-order valence-corrected chi connectivity index (χ4v) is 1.91. The van der Waals surface area contributed by atoms with Gasteiger partial charge in [0, 0.05) is 18.9 Å². The van der Waals surface area contributed by atoms with Crippen LogP contribution in [-0.2, 0) is 11.2 Å². The third kappa shape index (κ3) is 2.93. The molecular weight excluding hydrogens is 246 g/mol. The second kappa shape index (κ2) is 5.56. The normalized spacial score (nSPS) is 10.4. The van der Waals surface area contributed by atoms with Crippen molar-refractivity contribution in [1.82, 2.24) is 4.98 Å². The van der Waals surface area contributed by atoms with Gasteiger partial charge in [-0.3, -0.25) is 4.79 Å². The van der Waals surface area contributed by atoms with E-state index in [1.807, 2.05) is 24.3 Å². The quantitative estimate of drug-likeness (QED) is 0.895. The van der Waals surface area contributed by atoms with Crippen molar-refractivity contribution >= 4 is 5.97 Å². The molecule has 5 heteroatoms. The summed E-state index contributed by atoms with van der Waals surface area (Å²) in [6.45, 7) is 1.74. The van der Waals surface area contributed by atoms with E-state index in [4.69, 9.17) is 14.3 Å². The third-order valence-corrected chi connectivity index (χ3v) is 2.73. The number of carboxylic acids is 1. The van der Waals surface area contributed by atoms with E-state index in [0.717, 1.165) is 5.56 Å². The van der Waals surface area contributed by atoms with Crippen molar-refractivity contribution < 1.29 is 19.1 Å². The molecule has 0 unspecified atom stereocenters. The minimum Gasteiger partial charge on any atom is -0.496 e. The zero-order chi connectivity index (χ0) is 13.8. The van der Waals surface area contributed by atoms with E-state index in [2.05, 4.69) is 4.98 Å². The lowest BCUT2D eigenvalue weighted by atomic mass is 10.1. The minimum absolute atomic E-state index is 0.0107. The maximum Gasteiger partial charge on any atom is 0.303 e. The Kier molecular flexibility index (Phi) is 3.85. The SMILES string of the molecule is COc1ccccc1-c1nc(C)oc1CCC(=O)O. The Morgan fingerprint density at radius 2 is 2.16 bits per heavy atom. The smallest absolute Gasteiger partial charge is 0.303 e. The molecule has 1 N–H and O–H groups in total. The number of hydrogen-bond acceptors (Lipinski definition) is 4. The minimum atomic E-state index is -0.861. The van der Waals surface area contributed by atoms with E-state index >= 15 is 0 Å². The summed E-state index contributed by atoms with van der Waals surface area (Å²) in [4.78, 5) is 15.0. The van der Waals surface area contributed by atoms with Crippen LogP contribution in [0.5, 0.6) is 5.75 Å². The van der Waals surface area contributed by atoms with Crippen molar-refractivity contribution in [2.45, 2.75) is 19.8 Å². The Labute approximate surface area is 110 Å². The van der Waals surface area contributed by atoms with Gasteiger partial charge in [0.25, 0.3) is 0 Å². The molecule has 0 fully saturated rings. The molecule has 0 bridgehead atoms. The summed E-state index contributed by atoms with van der Waals surface area (Å²) in [5.74, 6) is 0.915. The first kappa shape index (κ1) is 13.1. The van der Waals surface area contributed by atoms with E-state index < -0.39 is 5.97 Å². The summed E-state index contributed by atoms with van der Waals surface area (Å²) in [6, 6.07) is 7.45. The van der Waals surface area contributed by atoms with Crippen LogP contribution in [0.3, 0.4) is 0 Å². The number of aryl methyl sites for hydroxylation is 2. The first-order valence-electron chi connectivity index (χ1n) is 5.93. The molecule has 0 aliphatic heterocycles. The van der Waals surface area contributed by atoms with Crippen molar-refractivity contribution in [2.24, 2.45) is 0 Å². The van der Waals surface area contributed by atoms with Crippen LogP contribution in [0.2, 0.25) is 0 Å². The number of carbonyl (C=O) groups is 1. The maximum absolute atomic E-state index is 10.7. The Hall–Kier alpha value is -2.30. The molecule has 1 heterocycles. The second-order valence-electron chi connectivity index (χ2n) is 4.10. The monoisotopic (exact) mass is 261 g/mol. The molecule has 1 aromatic carbocycles. The highest BCUT2D eigenvalue weighted by atomic mass is 16.5. The van der Waals surface area contributed by atoms with Gasteiger partial charge in [-0.25, -0.2) is 4.98 Å². The van der Waals surface area contributed by atoms with Gasteiger partial charge in [-0.05, 0) is 12.1 Å². The van der Waals surface area contributed by atoms with Crippen LogP contribution in [-0.4, -0.2) is 23.2 Å². The molecule has 0 aliphatic rings. The summed E-state index contributed by atoms with van der Waals surface area (Å²) in [6.07, 6.45) is 0.320. The fourth-order valence-electron chi connectivity index (χ4n) is 1.91. The van der Waals surface area contributed by atoms with Gasteiger partial charge in [0.2, 0.25) is 0 Å². The van der Waals surface area contributed by atoms with Gasteiger partial charge in [-0.2, -0.15) is 0 Å². The van der Waals surface area contributed by atoms with Crippen LogP contribution in [0.15, 0.2) is 28.7 Å². The van der Waals surface area contributed by atoms with Gasteiger partial charge < -0.3 is 14.3 Å². The number of ether oxygens (including phenoxy) is 1. The number of carboxylic acid groups (broad SMARTS) is 1. The predicted molar refractivity (Wildman–Crippen MR) is 69.2 cm³/mol. The number of nitrogens with zero attached hydrogens (tertiary/aromatic N) is 1. The molecule has 100 valence electrons. The van der Waals surface area contributed by atoms with Crippen LogP contribution >= 0.6 is 0 Å². The molecule has 2 rings (SSSR count). The van der Waals surface area contributed by atoms with E-state index in [1.54, 1.807) is 14.0 Å². The molecule has 0 saturated carbocycles. The number of methoxy groups -OCH3 is 1. The molecule has 0 radical (unpaired) electrons. The second-order valence-corrected chi connectivity index (χ2v) is 4.10. The molecule has 0 atom stereocenters. The van der Waals surface area contributed by atoms with E-state index in [9.17, 15) is 4.79 Å². The average molecular weight is 261 g/mol. The summed E-state index contributed by atoms with van der Waals surface area (Å²) in [5.41, 5.74) is 1.46. The summed E-state index contributed by atoms with van der Waals surface area (Å²) >= 11 is 0. The lowest BCUT2D eigenvalue weighted by molar-refractivity contribution is -0.137. The number of rotatable bonds is 5. The van der Waals surface area contributed by atoms with Crippen molar-refractivity contribution in [1.29, 1.82) is 0 Å². The Morgan fingerprint density at radius 1 is 1.42 bits per heavy atom. The van der Waals surface area contributed by atoms with Crippen molar-refractivity contribution in [3.05, 3.63) is 35.9 Å². The Morgan fingerprint density at radius 3 is 2.84 bits per heavy atom. The third-order valence-electron chi connectivity index (χ3n) is 2.73. The number of hydrogen-bond donors (Lipinski definition) is 1. The van der Waals surface area contributed by atoms with Crippen LogP contribution < -0.4 is 4.74 Å². The molecule has 0 aliphatic carbocycles. The van der Waals surface area contributed by atoms with Crippen LogP contribution in [0.25, 0.3) is 11.3 Å². The van der Waals surface area contributed by atoms with Crippen molar-refractivity contribution in [2.75, 3.05) is 7.11 Å². The highest BCUT2D eigenvalue weighted by molar-refractivity contribution is 5.70. The van der Waals surface area contributed by atoms with Gasteiger partial charge in [0.15, 0.2) is 5.89 Å². The zero-order valence-electron chi connectivity index (χ0n) is 10.8. The van der Waals surface area contributed by atoms with Gasteiger partial charge in [-0.15, -0.1) is 0 Å². The lowest BCUT2D eigenvalue weighted by Crippen LogP contribution is -1.98. The molecule has 0 spiro atoms. The van der Waals surface area contributed by atoms with E-state index in [1.165, 1.54) is 0 Å². The van der Waals surface area contributed by atoms with Crippen molar-refractivity contribution in [3.63, 3.8) is 0 Å². The lowest BCUT2D eigenvalue weighted by Gasteiger charge is -2.06. The van der Waals surface area contributed by atoms with Crippen LogP contribution in [0.4, 0.5) is 0 Å². The topological polar surface area (TPSA) is 72.6 Å². The summed E-state index contributed by atoms with van der Waals surface area (Å²) < 4.78 is 10.8. The highest BCUT2D eigenvalue weighted by Crippen LogP contribution is 2.32. The zero-order valence-corrected chi connectivity index (χ0v) is 10.8. The number of benzene rings is 1. The first-order valence-corrected chi connectivity index (χ1v) is 5.93. The number of oxazole rings is 1. The van der Waals surface area contributed by atoms with E-state index in [0.29, 0.717) is 29.5 Å². The maximum atomic E-state index is 10.7.